The fourth-order valence-electron chi connectivity index (χ4n) is 1.92. The lowest BCUT2D eigenvalue weighted by atomic mass is 10.00. The van der Waals surface area contributed by atoms with Gasteiger partial charge in [-0.3, -0.25) is 0 Å². The van der Waals surface area contributed by atoms with E-state index >= 15 is 0 Å². The van der Waals surface area contributed by atoms with E-state index in [0.29, 0.717) is 17.2 Å². The molecule has 0 saturated carbocycles. The number of hydrogen-bond donors (Lipinski definition) is 3. The van der Waals surface area contributed by atoms with Crippen molar-refractivity contribution in [2.24, 2.45) is 0 Å². The van der Waals surface area contributed by atoms with Gasteiger partial charge >= 0.3 is 5.97 Å². The molecule has 0 radical (unpaired) electrons. The van der Waals surface area contributed by atoms with Crippen LogP contribution in [-0.2, 0) is 12.4 Å². The first-order valence-corrected chi connectivity index (χ1v) is 5.26. The van der Waals surface area contributed by atoms with Gasteiger partial charge in [-0.25, -0.2) is 0 Å². The van der Waals surface area contributed by atoms with Gasteiger partial charge < -0.3 is 20.1 Å². The first-order valence-electron chi connectivity index (χ1n) is 4.88. The normalized spacial score (nSPS) is 18.1. The summed E-state index contributed by atoms with van der Waals surface area (Å²) in [5.74, 6) is -2.64. The molecule has 0 bridgehead atoms. The molecule has 16 heavy (non-hydrogen) atoms. The number of halogens is 1. The Bertz CT molecular complexity index is 434. The van der Waals surface area contributed by atoms with Crippen molar-refractivity contribution in [2.45, 2.75) is 31.8 Å². The average Bonchev–Trinajstić information content (AvgIpc) is 2.35. The first kappa shape index (κ1) is 11.7. The highest BCUT2D eigenvalue weighted by molar-refractivity contribution is 6.30. The molecule has 0 saturated heterocycles. The average molecular weight is 245 g/mol. The van der Waals surface area contributed by atoms with Gasteiger partial charge in [-0.05, 0) is 26.0 Å². The summed E-state index contributed by atoms with van der Waals surface area (Å²) in [5, 5.41) is 28.0. The highest BCUT2D eigenvalue weighted by atomic mass is 35.5. The van der Waals surface area contributed by atoms with Crippen LogP contribution in [0.3, 0.4) is 0 Å². The van der Waals surface area contributed by atoms with E-state index in [4.69, 9.17) is 16.3 Å². The van der Waals surface area contributed by atoms with Crippen molar-refractivity contribution in [3.8, 4) is 5.75 Å². The van der Waals surface area contributed by atoms with Crippen LogP contribution in [-0.4, -0.2) is 20.9 Å². The number of rotatable bonds is 1. The van der Waals surface area contributed by atoms with Crippen molar-refractivity contribution in [1.29, 1.82) is 0 Å². The zero-order chi connectivity index (χ0) is 12.1. The van der Waals surface area contributed by atoms with Gasteiger partial charge in [0.05, 0.1) is 5.56 Å². The molecule has 88 valence electrons. The zero-order valence-electron chi connectivity index (χ0n) is 8.99. The maximum atomic E-state index is 9.22. The van der Waals surface area contributed by atoms with Crippen LogP contribution in [0, 0.1) is 0 Å². The molecule has 0 fully saturated rings. The standard InChI is InChI=1S/C11H13ClO4/c1-10(2)5-6-3-7(12)4-8(9(6)16-10)11(13,14)15/h3-4,13-15H,5H2,1-2H3. The van der Waals surface area contributed by atoms with E-state index in [1.54, 1.807) is 6.07 Å². The van der Waals surface area contributed by atoms with Gasteiger partial charge in [0.15, 0.2) is 0 Å². The van der Waals surface area contributed by atoms with Crippen LogP contribution in [0.25, 0.3) is 0 Å². The van der Waals surface area contributed by atoms with Crippen molar-refractivity contribution >= 4 is 11.6 Å². The van der Waals surface area contributed by atoms with Crippen molar-refractivity contribution in [2.75, 3.05) is 0 Å². The van der Waals surface area contributed by atoms with Gasteiger partial charge in [0.25, 0.3) is 0 Å². The van der Waals surface area contributed by atoms with Crippen molar-refractivity contribution < 1.29 is 20.1 Å². The van der Waals surface area contributed by atoms with Crippen molar-refractivity contribution in [1.82, 2.24) is 0 Å². The summed E-state index contributed by atoms with van der Waals surface area (Å²) in [6.07, 6.45) is 0.603. The third-order valence-corrected chi connectivity index (χ3v) is 2.70. The fraction of sp³-hybridized carbons (Fsp3) is 0.455. The third-order valence-electron chi connectivity index (χ3n) is 2.49. The van der Waals surface area contributed by atoms with Crippen LogP contribution in [0.15, 0.2) is 12.1 Å². The summed E-state index contributed by atoms with van der Waals surface area (Å²) in [5.41, 5.74) is 0.196. The minimum Gasteiger partial charge on any atom is -0.487 e. The van der Waals surface area contributed by atoms with E-state index in [1.165, 1.54) is 6.07 Å². The van der Waals surface area contributed by atoms with E-state index < -0.39 is 11.6 Å². The smallest absolute Gasteiger partial charge is 0.308 e. The highest BCUT2D eigenvalue weighted by Crippen LogP contribution is 2.42. The predicted octanol–water partition coefficient (Wildman–Crippen LogP) is 1.14. The van der Waals surface area contributed by atoms with E-state index in [2.05, 4.69) is 0 Å². The predicted molar refractivity (Wildman–Crippen MR) is 58.2 cm³/mol. The van der Waals surface area contributed by atoms with Gasteiger partial charge in [0.1, 0.15) is 11.4 Å². The Labute approximate surface area is 98.0 Å². The molecule has 1 aliphatic heterocycles. The zero-order valence-corrected chi connectivity index (χ0v) is 9.75. The van der Waals surface area contributed by atoms with E-state index in [9.17, 15) is 15.3 Å². The number of benzene rings is 1. The molecule has 3 N–H and O–H groups in total. The number of aliphatic hydroxyl groups is 3. The lowest BCUT2D eigenvalue weighted by molar-refractivity contribution is -0.324. The van der Waals surface area contributed by atoms with Crippen LogP contribution in [0.2, 0.25) is 5.02 Å². The molecule has 5 heteroatoms. The van der Waals surface area contributed by atoms with Gasteiger partial charge in [0.2, 0.25) is 0 Å². The Morgan fingerprint density at radius 3 is 2.50 bits per heavy atom. The van der Waals surface area contributed by atoms with Crippen molar-refractivity contribution in [3.05, 3.63) is 28.3 Å². The van der Waals surface area contributed by atoms with Gasteiger partial charge in [-0.1, -0.05) is 11.6 Å². The van der Waals surface area contributed by atoms with Crippen molar-refractivity contribution in [3.63, 3.8) is 0 Å². The summed E-state index contributed by atoms with van der Waals surface area (Å²) in [4.78, 5) is 0. The summed E-state index contributed by atoms with van der Waals surface area (Å²) >= 11 is 5.84. The third kappa shape index (κ3) is 2.01. The summed E-state index contributed by atoms with van der Waals surface area (Å²) in [6, 6.07) is 2.97. The molecule has 0 spiro atoms. The Morgan fingerprint density at radius 2 is 1.94 bits per heavy atom. The second-order valence-corrected chi connectivity index (χ2v) is 5.05. The van der Waals surface area contributed by atoms with E-state index in [0.717, 1.165) is 5.56 Å². The maximum Gasteiger partial charge on any atom is 0.308 e. The molecule has 1 aliphatic rings. The molecule has 0 atom stereocenters. The molecule has 1 aromatic carbocycles. The van der Waals surface area contributed by atoms with Crippen LogP contribution in [0.1, 0.15) is 25.0 Å². The maximum absolute atomic E-state index is 9.22. The minimum absolute atomic E-state index is 0.124. The highest BCUT2D eigenvalue weighted by Gasteiger charge is 2.37. The number of fused-ring (bicyclic) bond motifs is 1. The summed E-state index contributed by atoms with van der Waals surface area (Å²) in [7, 11) is 0. The minimum atomic E-state index is -2.94. The molecule has 1 aromatic rings. The molecular weight excluding hydrogens is 232 g/mol. The topological polar surface area (TPSA) is 69.9 Å². The first-order chi connectivity index (χ1) is 7.19. The second-order valence-electron chi connectivity index (χ2n) is 4.62. The number of hydrogen-bond acceptors (Lipinski definition) is 4. The second kappa shape index (κ2) is 3.34. The quantitative estimate of drug-likeness (QED) is 0.648. The van der Waals surface area contributed by atoms with Gasteiger partial charge in [-0.2, -0.15) is 0 Å². The largest absolute Gasteiger partial charge is 0.487 e. The van der Waals surface area contributed by atoms with Gasteiger partial charge in [-0.15, -0.1) is 0 Å². The monoisotopic (exact) mass is 244 g/mol. The Hall–Kier alpha value is -0.810. The molecular formula is C11H13ClO4. The molecule has 2 rings (SSSR count). The molecule has 0 aliphatic carbocycles. The Morgan fingerprint density at radius 1 is 1.31 bits per heavy atom. The van der Waals surface area contributed by atoms with Crippen LogP contribution >= 0.6 is 11.6 Å². The molecule has 0 aromatic heterocycles. The van der Waals surface area contributed by atoms with Gasteiger partial charge in [0, 0.05) is 17.0 Å². The molecule has 4 nitrogen and oxygen atoms in total. The Kier molecular flexibility index (Phi) is 2.44. The summed E-state index contributed by atoms with van der Waals surface area (Å²) < 4.78 is 5.57. The summed E-state index contributed by atoms with van der Waals surface area (Å²) in [6.45, 7) is 3.75. The lowest BCUT2D eigenvalue weighted by Crippen LogP contribution is -2.27. The van der Waals surface area contributed by atoms with Crippen LogP contribution in [0.4, 0.5) is 0 Å². The number of ether oxygens (including phenoxy) is 1. The van der Waals surface area contributed by atoms with E-state index in [-0.39, 0.29) is 5.56 Å². The van der Waals surface area contributed by atoms with Crippen LogP contribution in [0.5, 0.6) is 5.75 Å². The fourth-order valence-corrected chi connectivity index (χ4v) is 2.16. The molecule has 1 heterocycles. The SMILES string of the molecule is CC1(C)Cc2cc(Cl)cc(C(O)(O)O)c2O1. The lowest BCUT2D eigenvalue weighted by Gasteiger charge is -2.21. The van der Waals surface area contributed by atoms with E-state index in [1.807, 2.05) is 13.8 Å². The molecule has 0 unspecified atom stereocenters. The molecule has 0 amide bonds. The van der Waals surface area contributed by atoms with Crippen LogP contribution < -0.4 is 4.74 Å². The Balaban J connectivity index is 2.58.